The first-order valence-electron chi connectivity index (χ1n) is 9.95. The molecule has 0 radical (unpaired) electrons. The zero-order valence-electron chi connectivity index (χ0n) is 16.4. The van der Waals surface area contributed by atoms with Crippen LogP contribution in [0.1, 0.15) is 42.9 Å². The maximum absolute atomic E-state index is 12.6. The summed E-state index contributed by atoms with van der Waals surface area (Å²) in [5.74, 6) is 0.675. The Bertz CT molecular complexity index is 754. The highest BCUT2D eigenvalue weighted by Gasteiger charge is 2.18. The van der Waals surface area contributed by atoms with E-state index in [1.165, 1.54) is 31.5 Å². The second-order valence-corrected chi connectivity index (χ2v) is 7.35. The zero-order valence-corrected chi connectivity index (χ0v) is 16.4. The summed E-state index contributed by atoms with van der Waals surface area (Å²) >= 11 is 0. The van der Waals surface area contributed by atoms with Gasteiger partial charge in [0.25, 0.3) is 5.91 Å². The minimum absolute atomic E-state index is 0.0658. The van der Waals surface area contributed by atoms with E-state index in [2.05, 4.69) is 34.5 Å². The van der Waals surface area contributed by atoms with E-state index in [1.807, 2.05) is 38.1 Å². The van der Waals surface area contributed by atoms with Gasteiger partial charge in [0.05, 0.1) is 0 Å². The summed E-state index contributed by atoms with van der Waals surface area (Å²) in [5.41, 5.74) is 3.56. The number of amides is 1. The Kier molecular flexibility index (Phi) is 6.88. The molecular weight excluding hydrogens is 336 g/mol. The summed E-state index contributed by atoms with van der Waals surface area (Å²) in [4.78, 5) is 15.0. The van der Waals surface area contributed by atoms with Gasteiger partial charge in [-0.15, -0.1) is 0 Å². The number of nitrogens with one attached hydrogen (secondary N) is 1. The van der Waals surface area contributed by atoms with Crippen LogP contribution in [0.25, 0.3) is 0 Å². The van der Waals surface area contributed by atoms with Crippen molar-refractivity contribution >= 4 is 5.91 Å². The molecule has 1 fully saturated rings. The summed E-state index contributed by atoms with van der Waals surface area (Å²) in [6.07, 6.45) is 2.76. The van der Waals surface area contributed by atoms with Crippen LogP contribution >= 0.6 is 0 Å². The average molecular weight is 367 g/mol. The Balaban J connectivity index is 1.54. The number of carbonyl (C=O) groups is 1. The lowest BCUT2D eigenvalue weighted by Gasteiger charge is -2.18. The van der Waals surface area contributed by atoms with Gasteiger partial charge in [-0.1, -0.05) is 43.3 Å². The van der Waals surface area contributed by atoms with Gasteiger partial charge in [-0.05, 0) is 68.1 Å². The van der Waals surface area contributed by atoms with E-state index in [4.69, 9.17) is 4.74 Å². The lowest BCUT2D eigenvalue weighted by atomic mass is 10.1. The van der Waals surface area contributed by atoms with Gasteiger partial charge in [-0.25, -0.2) is 0 Å². The van der Waals surface area contributed by atoms with Gasteiger partial charge in [-0.2, -0.15) is 0 Å². The summed E-state index contributed by atoms with van der Waals surface area (Å²) < 4.78 is 5.89. The van der Waals surface area contributed by atoms with Crippen molar-refractivity contribution in [2.45, 2.75) is 52.3 Å². The SMILES string of the molecule is CC[C@@H](Oc1cccc(C)c1)C(=O)NCc1cccc(CN2CCCC2)c1. The third kappa shape index (κ3) is 5.83. The number of rotatable bonds is 8. The van der Waals surface area contributed by atoms with Crippen LogP contribution in [0.15, 0.2) is 48.5 Å². The molecule has 27 heavy (non-hydrogen) atoms. The molecule has 2 aromatic carbocycles. The van der Waals surface area contributed by atoms with Gasteiger partial charge >= 0.3 is 0 Å². The third-order valence-corrected chi connectivity index (χ3v) is 4.99. The number of benzene rings is 2. The number of likely N-dealkylation sites (tertiary alicyclic amines) is 1. The van der Waals surface area contributed by atoms with Crippen molar-refractivity contribution in [1.29, 1.82) is 0 Å². The standard InChI is InChI=1S/C23H30N2O2/c1-3-22(27-21-11-6-8-18(2)14-21)23(26)24-16-19-9-7-10-20(15-19)17-25-12-4-5-13-25/h6-11,14-15,22H,3-5,12-13,16-17H2,1-2H3,(H,24,26)/t22-/m1/s1. The van der Waals surface area contributed by atoms with E-state index in [0.717, 1.165) is 23.4 Å². The van der Waals surface area contributed by atoms with Gasteiger partial charge in [0.1, 0.15) is 5.75 Å². The Morgan fingerprint density at radius 3 is 2.59 bits per heavy atom. The first kappa shape index (κ1) is 19.4. The van der Waals surface area contributed by atoms with E-state index < -0.39 is 6.10 Å². The van der Waals surface area contributed by atoms with E-state index in [0.29, 0.717) is 13.0 Å². The lowest BCUT2D eigenvalue weighted by molar-refractivity contribution is -0.128. The van der Waals surface area contributed by atoms with Crippen LogP contribution in [0, 0.1) is 6.92 Å². The van der Waals surface area contributed by atoms with Gasteiger partial charge in [0.2, 0.25) is 0 Å². The summed E-state index contributed by atoms with van der Waals surface area (Å²) in [5, 5.41) is 3.03. The largest absolute Gasteiger partial charge is 0.481 e. The van der Waals surface area contributed by atoms with E-state index in [9.17, 15) is 4.79 Å². The van der Waals surface area contributed by atoms with Crippen LogP contribution in [0.4, 0.5) is 0 Å². The number of aryl methyl sites for hydroxylation is 1. The molecule has 1 aliphatic rings. The molecule has 0 aromatic heterocycles. The molecule has 0 spiro atoms. The first-order valence-corrected chi connectivity index (χ1v) is 9.95. The maximum atomic E-state index is 12.6. The fraction of sp³-hybridized carbons (Fsp3) is 0.435. The molecule has 1 heterocycles. The molecule has 0 saturated carbocycles. The van der Waals surface area contributed by atoms with E-state index in [1.54, 1.807) is 0 Å². The molecule has 1 saturated heterocycles. The zero-order chi connectivity index (χ0) is 19.1. The normalized spacial score (nSPS) is 15.5. The summed E-state index contributed by atoms with van der Waals surface area (Å²) in [7, 11) is 0. The molecule has 1 N–H and O–H groups in total. The molecule has 0 aliphatic carbocycles. The van der Waals surface area contributed by atoms with Crippen molar-refractivity contribution in [1.82, 2.24) is 10.2 Å². The Labute approximate surface area is 162 Å². The summed E-state index contributed by atoms with van der Waals surface area (Å²) in [6, 6.07) is 16.3. The molecule has 4 heteroatoms. The fourth-order valence-electron chi connectivity index (χ4n) is 3.52. The van der Waals surface area contributed by atoms with Gasteiger partial charge in [0, 0.05) is 13.1 Å². The minimum atomic E-state index is -0.473. The van der Waals surface area contributed by atoms with Crippen LogP contribution in [0.3, 0.4) is 0 Å². The van der Waals surface area contributed by atoms with Crippen LogP contribution in [-0.4, -0.2) is 30.0 Å². The molecule has 2 aromatic rings. The van der Waals surface area contributed by atoms with Crippen LogP contribution in [-0.2, 0) is 17.9 Å². The Hall–Kier alpha value is -2.33. The molecule has 1 atom stereocenters. The molecule has 1 amide bonds. The quantitative estimate of drug-likeness (QED) is 0.766. The number of carbonyl (C=O) groups excluding carboxylic acids is 1. The molecule has 144 valence electrons. The van der Waals surface area contributed by atoms with Gasteiger partial charge in [-0.3, -0.25) is 9.69 Å². The monoisotopic (exact) mass is 366 g/mol. The summed E-state index contributed by atoms with van der Waals surface area (Å²) in [6.45, 7) is 7.89. The average Bonchev–Trinajstić information content (AvgIpc) is 3.17. The van der Waals surface area contributed by atoms with Gasteiger partial charge < -0.3 is 10.1 Å². The number of ether oxygens (including phenoxy) is 1. The van der Waals surface area contributed by atoms with Crippen LogP contribution < -0.4 is 10.1 Å². The van der Waals surface area contributed by atoms with Crippen molar-refractivity contribution in [2.75, 3.05) is 13.1 Å². The highest BCUT2D eigenvalue weighted by atomic mass is 16.5. The molecule has 0 unspecified atom stereocenters. The van der Waals surface area contributed by atoms with Gasteiger partial charge in [0.15, 0.2) is 6.10 Å². The second-order valence-electron chi connectivity index (χ2n) is 7.35. The predicted octanol–water partition coefficient (Wildman–Crippen LogP) is 4.06. The minimum Gasteiger partial charge on any atom is -0.481 e. The molecular formula is C23H30N2O2. The van der Waals surface area contributed by atoms with Crippen LogP contribution in [0.2, 0.25) is 0 Å². The highest BCUT2D eigenvalue weighted by molar-refractivity contribution is 5.81. The van der Waals surface area contributed by atoms with Crippen molar-refractivity contribution in [3.63, 3.8) is 0 Å². The Morgan fingerprint density at radius 2 is 1.85 bits per heavy atom. The number of hydrogen-bond acceptors (Lipinski definition) is 3. The van der Waals surface area contributed by atoms with E-state index in [-0.39, 0.29) is 5.91 Å². The topological polar surface area (TPSA) is 41.6 Å². The molecule has 0 bridgehead atoms. The number of nitrogens with zero attached hydrogens (tertiary/aromatic N) is 1. The van der Waals surface area contributed by atoms with Crippen molar-refractivity contribution in [3.05, 3.63) is 65.2 Å². The maximum Gasteiger partial charge on any atom is 0.261 e. The number of hydrogen-bond donors (Lipinski definition) is 1. The third-order valence-electron chi connectivity index (χ3n) is 4.99. The molecule has 3 rings (SSSR count). The second kappa shape index (κ2) is 9.56. The highest BCUT2D eigenvalue weighted by Crippen LogP contribution is 2.16. The lowest BCUT2D eigenvalue weighted by Crippen LogP contribution is -2.37. The van der Waals surface area contributed by atoms with Crippen molar-refractivity contribution < 1.29 is 9.53 Å². The predicted molar refractivity (Wildman–Crippen MR) is 109 cm³/mol. The van der Waals surface area contributed by atoms with Crippen molar-refractivity contribution in [3.8, 4) is 5.75 Å². The smallest absolute Gasteiger partial charge is 0.261 e. The molecule has 1 aliphatic heterocycles. The molecule has 4 nitrogen and oxygen atoms in total. The fourth-order valence-corrected chi connectivity index (χ4v) is 3.52. The first-order chi connectivity index (χ1) is 13.1. The van der Waals surface area contributed by atoms with Crippen molar-refractivity contribution in [2.24, 2.45) is 0 Å². The van der Waals surface area contributed by atoms with E-state index >= 15 is 0 Å². The van der Waals surface area contributed by atoms with Crippen LogP contribution in [0.5, 0.6) is 5.75 Å². The Morgan fingerprint density at radius 1 is 1.11 bits per heavy atom.